The molecule has 0 saturated heterocycles. The highest BCUT2D eigenvalue weighted by Gasteiger charge is 2.23. The summed E-state index contributed by atoms with van der Waals surface area (Å²) in [6.07, 6.45) is 0. The Morgan fingerprint density at radius 2 is 1.80 bits per heavy atom. The van der Waals surface area contributed by atoms with E-state index in [1.165, 1.54) is 10.5 Å². The van der Waals surface area contributed by atoms with Gasteiger partial charge >= 0.3 is 0 Å². The molecule has 1 nitrogen and oxygen atoms in total. The van der Waals surface area contributed by atoms with Gasteiger partial charge in [0.2, 0.25) is 0 Å². The van der Waals surface area contributed by atoms with Crippen molar-refractivity contribution in [1.29, 1.82) is 0 Å². The predicted octanol–water partition coefficient (Wildman–Crippen LogP) is 5.92. The van der Waals surface area contributed by atoms with Gasteiger partial charge in [-0.2, -0.15) is 0 Å². The first-order valence-electron chi connectivity index (χ1n) is 6.14. The van der Waals surface area contributed by atoms with Crippen molar-refractivity contribution < 1.29 is 4.74 Å². The van der Waals surface area contributed by atoms with Crippen LogP contribution in [0.3, 0.4) is 0 Å². The van der Waals surface area contributed by atoms with Crippen molar-refractivity contribution in [3.63, 3.8) is 0 Å². The van der Waals surface area contributed by atoms with Gasteiger partial charge in [-0.3, -0.25) is 0 Å². The van der Waals surface area contributed by atoms with Gasteiger partial charge in [0.25, 0.3) is 0 Å². The van der Waals surface area contributed by atoms with Crippen molar-refractivity contribution in [3.8, 4) is 5.75 Å². The van der Waals surface area contributed by atoms with Crippen molar-refractivity contribution in [2.24, 2.45) is 0 Å². The molecule has 3 rings (SSSR count). The van der Waals surface area contributed by atoms with E-state index < -0.39 is 0 Å². The number of rotatable bonds is 3. The lowest BCUT2D eigenvalue weighted by atomic mass is 10.0. The third kappa shape index (κ3) is 2.89. The van der Waals surface area contributed by atoms with E-state index in [2.05, 4.69) is 24.3 Å². The van der Waals surface area contributed by atoms with E-state index in [0.29, 0.717) is 33.3 Å². The molecule has 2 aromatic carbocycles. The average molecular weight is 346 g/mol. The summed E-state index contributed by atoms with van der Waals surface area (Å²) >= 11 is 19.9. The summed E-state index contributed by atoms with van der Waals surface area (Å²) in [5, 5.41) is 1.37. The Balaban J connectivity index is 1.74. The van der Waals surface area contributed by atoms with Gasteiger partial charge in [0.15, 0.2) is 0 Å². The third-order valence-corrected chi connectivity index (χ3v) is 5.48. The number of ether oxygens (including phenoxy) is 1. The van der Waals surface area contributed by atoms with Crippen LogP contribution in [0.4, 0.5) is 0 Å². The average Bonchev–Trinajstić information content (AvgIpc) is 2.85. The van der Waals surface area contributed by atoms with Crippen molar-refractivity contribution >= 4 is 46.6 Å². The van der Waals surface area contributed by atoms with Crippen LogP contribution in [0.5, 0.6) is 5.75 Å². The highest BCUT2D eigenvalue weighted by molar-refractivity contribution is 7.99. The lowest BCUT2D eigenvalue weighted by Gasteiger charge is -2.14. The fourth-order valence-electron chi connectivity index (χ4n) is 2.17. The molecule has 0 aliphatic carbocycles. The molecular weight excluding hydrogens is 335 g/mol. The Labute approximate surface area is 137 Å². The Hall–Kier alpha value is -0.540. The summed E-state index contributed by atoms with van der Waals surface area (Å²) in [5.41, 5.74) is 1.34. The zero-order valence-corrected chi connectivity index (χ0v) is 13.5. The molecule has 0 aromatic heterocycles. The molecule has 0 fully saturated rings. The van der Waals surface area contributed by atoms with Crippen LogP contribution in [0.15, 0.2) is 41.3 Å². The Morgan fingerprint density at radius 3 is 2.65 bits per heavy atom. The molecule has 1 aliphatic heterocycles. The van der Waals surface area contributed by atoms with E-state index in [1.54, 1.807) is 12.1 Å². The van der Waals surface area contributed by atoms with Gasteiger partial charge in [0.1, 0.15) is 5.75 Å². The van der Waals surface area contributed by atoms with Crippen LogP contribution in [0, 0.1) is 0 Å². The van der Waals surface area contributed by atoms with E-state index in [0.717, 1.165) is 5.75 Å². The molecule has 0 radical (unpaired) electrons. The maximum Gasteiger partial charge on any atom is 0.139 e. The highest BCUT2D eigenvalue weighted by Crippen LogP contribution is 2.40. The van der Waals surface area contributed by atoms with Gasteiger partial charge in [-0.15, -0.1) is 11.8 Å². The summed E-state index contributed by atoms with van der Waals surface area (Å²) in [5.74, 6) is 1.98. The van der Waals surface area contributed by atoms with Crippen LogP contribution in [0.1, 0.15) is 11.5 Å². The molecule has 0 bridgehead atoms. The fraction of sp³-hybridized carbons (Fsp3) is 0.200. The van der Waals surface area contributed by atoms with Crippen molar-refractivity contribution in [2.45, 2.75) is 10.8 Å². The Bertz CT molecular complexity index is 645. The summed E-state index contributed by atoms with van der Waals surface area (Å²) < 4.78 is 5.83. The van der Waals surface area contributed by atoms with Crippen molar-refractivity contribution in [2.75, 3.05) is 12.4 Å². The number of halogens is 3. The van der Waals surface area contributed by atoms with E-state index in [-0.39, 0.29) is 0 Å². The zero-order valence-electron chi connectivity index (χ0n) is 10.4. The maximum absolute atomic E-state index is 6.11. The van der Waals surface area contributed by atoms with Gasteiger partial charge in [0, 0.05) is 22.6 Å². The number of benzene rings is 2. The van der Waals surface area contributed by atoms with Crippen molar-refractivity contribution in [1.82, 2.24) is 0 Å². The first kappa shape index (κ1) is 14.4. The summed E-state index contributed by atoms with van der Waals surface area (Å²) in [6.45, 7) is 0.585. The van der Waals surface area contributed by atoms with E-state index in [9.17, 15) is 0 Å². The maximum atomic E-state index is 6.11. The van der Waals surface area contributed by atoms with E-state index in [1.807, 2.05) is 11.8 Å². The number of thioether (sulfide) groups is 1. The van der Waals surface area contributed by atoms with E-state index >= 15 is 0 Å². The summed E-state index contributed by atoms with van der Waals surface area (Å²) in [4.78, 5) is 1.33. The zero-order chi connectivity index (χ0) is 14.1. The molecular formula is C15H11Cl3OS. The van der Waals surface area contributed by atoms with Gasteiger partial charge in [-0.05, 0) is 17.7 Å². The minimum absolute atomic E-state index is 0.377. The third-order valence-electron chi connectivity index (χ3n) is 3.21. The normalized spacial score (nSPS) is 17.1. The van der Waals surface area contributed by atoms with E-state index in [4.69, 9.17) is 39.5 Å². The van der Waals surface area contributed by atoms with Gasteiger partial charge in [0.05, 0.1) is 21.7 Å². The number of hydrogen-bond acceptors (Lipinski definition) is 2. The molecule has 0 N–H and O–H groups in total. The highest BCUT2D eigenvalue weighted by atomic mass is 35.5. The minimum atomic E-state index is 0.377. The molecule has 1 atom stereocenters. The van der Waals surface area contributed by atoms with Crippen LogP contribution >= 0.6 is 46.6 Å². The van der Waals surface area contributed by atoms with Crippen LogP contribution < -0.4 is 4.74 Å². The molecule has 104 valence electrons. The standard InChI is InChI=1S/C15H11Cl3OS/c16-11-5-13(18)14(6-12(11)17)19-7-9-8-20-15-4-2-1-3-10(9)15/h1-6,9H,7-8H2. The lowest BCUT2D eigenvalue weighted by Crippen LogP contribution is -2.10. The molecule has 1 unspecified atom stereocenters. The lowest BCUT2D eigenvalue weighted by molar-refractivity contribution is 0.298. The molecule has 0 spiro atoms. The van der Waals surface area contributed by atoms with Crippen LogP contribution in [0.2, 0.25) is 15.1 Å². The Morgan fingerprint density at radius 1 is 1.05 bits per heavy atom. The minimum Gasteiger partial charge on any atom is -0.491 e. The quantitative estimate of drug-likeness (QED) is 0.639. The van der Waals surface area contributed by atoms with Gasteiger partial charge in [-0.25, -0.2) is 0 Å². The fourth-order valence-corrected chi connectivity index (χ4v) is 4.00. The summed E-state index contributed by atoms with van der Waals surface area (Å²) in [7, 11) is 0. The second-order valence-electron chi connectivity index (χ2n) is 4.55. The first-order chi connectivity index (χ1) is 9.65. The van der Waals surface area contributed by atoms with Crippen LogP contribution in [-0.2, 0) is 0 Å². The molecule has 5 heteroatoms. The van der Waals surface area contributed by atoms with Crippen LogP contribution in [-0.4, -0.2) is 12.4 Å². The monoisotopic (exact) mass is 344 g/mol. The molecule has 2 aromatic rings. The Kier molecular flexibility index (Phi) is 4.37. The first-order valence-corrected chi connectivity index (χ1v) is 8.26. The molecule has 1 aliphatic rings. The van der Waals surface area contributed by atoms with Crippen molar-refractivity contribution in [3.05, 3.63) is 57.0 Å². The molecule has 0 saturated carbocycles. The molecule has 0 amide bonds. The number of fused-ring (bicyclic) bond motifs is 1. The SMILES string of the molecule is Clc1cc(Cl)c(OCC2CSc3ccccc32)cc1Cl. The summed E-state index contributed by atoms with van der Waals surface area (Å²) in [6, 6.07) is 11.7. The molecule has 20 heavy (non-hydrogen) atoms. The largest absolute Gasteiger partial charge is 0.491 e. The second-order valence-corrected chi connectivity index (χ2v) is 6.84. The second kappa shape index (κ2) is 6.07. The van der Waals surface area contributed by atoms with Gasteiger partial charge < -0.3 is 4.74 Å². The molecule has 1 heterocycles. The van der Waals surface area contributed by atoms with Gasteiger partial charge in [-0.1, -0.05) is 53.0 Å². The topological polar surface area (TPSA) is 9.23 Å². The predicted molar refractivity (Wildman–Crippen MR) is 86.9 cm³/mol. The van der Waals surface area contributed by atoms with Crippen LogP contribution in [0.25, 0.3) is 0 Å². The number of hydrogen-bond donors (Lipinski definition) is 0. The smallest absolute Gasteiger partial charge is 0.139 e.